The van der Waals surface area contributed by atoms with Crippen molar-refractivity contribution in [3.63, 3.8) is 0 Å². The van der Waals surface area contributed by atoms with Gasteiger partial charge in [0.2, 0.25) is 0 Å². The van der Waals surface area contributed by atoms with E-state index in [4.69, 9.17) is 19.9 Å². The average molecular weight is 711 g/mol. The second-order valence-corrected chi connectivity index (χ2v) is 15.2. The maximum Gasteiger partial charge on any atom is 0.340 e. The number of nitrogens with one attached hydrogen (secondary N) is 1. The highest BCUT2D eigenvalue weighted by Crippen LogP contribution is 2.72. The summed E-state index contributed by atoms with van der Waals surface area (Å²) in [5.74, 6) is -4.25. The molecule has 0 aliphatic heterocycles. The van der Waals surface area contributed by atoms with E-state index in [2.05, 4.69) is 19.2 Å². The lowest BCUT2D eigenvalue weighted by Gasteiger charge is -2.49. The summed E-state index contributed by atoms with van der Waals surface area (Å²) in [6.07, 6.45) is 2.50. The molecule has 0 radical (unpaired) electrons. The van der Waals surface area contributed by atoms with Gasteiger partial charge in [0.05, 0.1) is 22.2 Å². The minimum Gasteiger partial charge on any atom is -0.461 e. The van der Waals surface area contributed by atoms with Crippen molar-refractivity contribution in [2.45, 2.75) is 72.7 Å². The highest BCUT2D eigenvalue weighted by Gasteiger charge is 2.77. The molecule has 0 heterocycles. The standard InChI is InChI=1S/C41H46N2O9/c1-8-21(2)37(47)51-34-22(3)19-40-23(4)17-29-32(39(29,6)7)28(33(40)45)18-25(20-50-24(5)44)35(41(34,40)49)52-38(48)27-14-10-12-16-31(27)43-36(46)26-13-9-11-15-30(26)42/h8-16,18-19,23,28-29,32,34-35,49H,17,20,42H2,1-7H3,(H,43,46). The van der Waals surface area contributed by atoms with Crippen molar-refractivity contribution >= 4 is 41.0 Å². The number of esters is 3. The molecular formula is C41H46N2O9. The predicted molar refractivity (Wildman–Crippen MR) is 193 cm³/mol. The van der Waals surface area contributed by atoms with Gasteiger partial charge in [-0.3, -0.25) is 14.4 Å². The fraction of sp³-hybridized carbons (Fsp3) is 0.439. The van der Waals surface area contributed by atoms with Gasteiger partial charge in [-0.25, -0.2) is 9.59 Å². The summed E-state index contributed by atoms with van der Waals surface area (Å²) in [6, 6.07) is 12.7. The lowest BCUT2D eigenvalue weighted by molar-refractivity contribution is -0.202. The number of hydrogen-bond donors (Lipinski definition) is 3. The zero-order chi connectivity index (χ0) is 37.9. The minimum atomic E-state index is -2.36. The number of ether oxygens (including phenoxy) is 3. The Hall–Kier alpha value is -5.03. The van der Waals surface area contributed by atoms with Crippen LogP contribution in [0.5, 0.6) is 0 Å². The second-order valence-electron chi connectivity index (χ2n) is 15.2. The molecule has 8 unspecified atom stereocenters. The predicted octanol–water partition coefficient (Wildman–Crippen LogP) is 5.60. The van der Waals surface area contributed by atoms with Crippen molar-refractivity contribution in [3.8, 4) is 0 Å². The highest BCUT2D eigenvalue weighted by atomic mass is 16.6. The van der Waals surface area contributed by atoms with Crippen LogP contribution in [0.4, 0.5) is 11.4 Å². The molecule has 11 heteroatoms. The molecule has 2 fully saturated rings. The van der Waals surface area contributed by atoms with E-state index in [1.807, 2.05) is 6.92 Å². The van der Waals surface area contributed by atoms with E-state index in [0.29, 0.717) is 12.0 Å². The van der Waals surface area contributed by atoms with Crippen LogP contribution >= 0.6 is 0 Å². The maximum atomic E-state index is 15.2. The third-order valence-electron chi connectivity index (χ3n) is 11.9. The Morgan fingerprint density at radius 3 is 2.31 bits per heavy atom. The number of hydrogen-bond acceptors (Lipinski definition) is 10. The molecule has 0 saturated heterocycles. The number of fused-ring (bicyclic) bond motifs is 3. The van der Waals surface area contributed by atoms with Crippen LogP contribution in [0.25, 0.3) is 0 Å². The Labute approximate surface area is 303 Å². The van der Waals surface area contributed by atoms with E-state index in [1.54, 1.807) is 75.4 Å². The van der Waals surface area contributed by atoms with Crippen LogP contribution in [-0.2, 0) is 28.6 Å². The van der Waals surface area contributed by atoms with Gasteiger partial charge in [-0.1, -0.05) is 63.3 Å². The van der Waals surface area contributed by atoms with Crippen molar-refractivity contribution in [2.75, 3.05) is 17.7 Å². The van der Waals surface area contributed by atoms with E-state index in [-0.39, 0.29) is 56.7 Å². The Morgan fingerprint density at radius 2 is 1.65 bits per heavy atom. The summed E-state index contributed by atoms with van der Waals surface area (Å²) in [7, 11) is 0. The van der Waals surface area contributed by atoms with E-state index in [1.165, 1.54) is 19.1 Å². The van der Waals surface area contributed by atoms with Crippen LogP contribution in [0.1, 0.15) is 75.6 Å². The number of rotatable bonds is 8. The number of allylic oxidation sites excluding steroid dienone is 2. The SMILES string of the molecule is CC=C(C)C(=O)OC1C(C)=CC23C(=O)C(C=C(COC(C)=O)C(OC(=O)c4ccccc4NC(=O)c4ccccc4N)C12O)C1C(CC3C)C1(C)C. The first-order valence-electron chi connectivity index (χ1n) is 17.6. The van der Waals surface area contributed by atoms with Crippen LogP contribution in [0.15, 0.2) is 83.5 Å². The van der Waals surface area contributed by atoms with Crippen LogP contribution in [0.3, 0.4) is 0 Å². The molecule has 0 aromatic heterocycles. The van der Waals surface area contributed by atoms with Gasteiger partial charge in [-0.2, -0.15) is 0 Å². The third kappa shape index (κ3) is 5.66. The molecule has 52 heavy (non-hydrogen) atoms. The monoisotopic (exact) mass is 710 g/mol. The maximum absolute atomic E-state index is 15.2. The fourth-order valence-corrected chi connectivity index (χ4v) is 9.06. The van der Waals surface area contributed by atoms with Gasteiger partial charge in [0.25, 0.3) is 5.91 Å². The molecule has 274 valence electrons. The number of nitrogens with two attached hydrogens (primary N) is 1. The lowest BCUT2D eigenvalue weighted by atomic mass is 9.59. The highest BCUT2D eigenvalue weighted by molar-refractivity contribution is 6.10. The quantitative estimate of drug-likeness (QED) is 0.103. The van der Waals surface area contributed by atoms with Gasteiger partial charge in [-0.05, 0) is 80.2 Å². The molecule has 11 nitrogen and oxygen atoms in total. The van der Waals surface area contributed by atoms with Crippen molar-refractivity contribution < 1.29 is 43.3 Å². The molecule has 1 amide bonds. The van der Waals surface area contributed by atoms with Gasteiger partial charge in [0, 0.05) is 29.7 Å². The summed E-state index contributed by atoms with van der Waals surface area (Å²) >= 11 is 0. The Morgan fingerprint density at radius 1 is 1.00 bits per heavy atom. The molecule has 2 aromatic carbocycles. The van der Waals surface area contributed by atoms with E-state index in [9.17, 15) is 24.3 Å². The minimum absolute atomic E-state index is 0.0528. The second kappa shape index (κ2) is 13.2. The summed E-state index contributed by atoms with van der Waals surface area (Å²) in [4.78, 5) is 68.5. The van der Waals surface area contributed by atoms with Crippen molar-refractivity contribution in [1.29, 1.82) is 0 Å². The van der Waals surface area contributed by atoms with Crippen LogP contribution in [0.2, 0.25) is 0 Å². The summed E-state index contributed by atoms with van der Waals surface area (Å²) < 4.78 is 17.9. The first kappa shape index (κ1) is 36.8. The molecule has 6 rings (SSSR count). The molecule has 2 saturated carbocycles. The first-order chi connectivity index (χ1) is 24.5. The van der Waals surface area contributed by atoms with Crippen molar-refractivity contribution in [3.05, 3.63) is 94.6 Å². The van der Waals surface area contributed by atoms with Crippen molar-refractivity contribution in [2.24, 2.45) is 34.5 Å². The smallest absolute Gasteiger partial charge is 0.340 e. The molecule has 4 N–H and O–H groups in total. The number of carbonyl (C=O) groups is 5. The van der Waals surface area contributed by atoms with Crippen LogP contribution < -0.4 is 11.1 Å². The van der Waals surface area contributed by atoms with Gasteiger partial charge in [0.15, 0.2) is 23.6 Å². The molecule has 8 atom stereocenters. The largest absolute Gasteiger partial charge is 0.461 e. The topological polar surface area (TPSA) is 171 Å². The average Bonchev–Trinajstić information content (AvgIpc) is 3.60. The Kier molecular flexibility index (Phi) is 9.32. The summed E-state index contributed by atoms with van der Waals surface area (Å²) in [5.41, 5.74) is 3.22. The molecular weight excluding hydrogens is 664 g/mol. The summed E-state index contributed by atoms with van der Waals surface area (Å²) in [6.45, 7) is 11.9. The number of ketones is 1. The van der Waals surface area contributed by atoms with E-state index in [0.717, 1.165) is 0 Å². The first-order valence-corrected chi connectivity index (χ1v) is 17.6. The summed E-state index contributed by atoms with van der Waals surface area (Å²) in [5, 5.41) is 16.2. The van der Waals surface area contributed by atoms with E-state index >= 15 is 4.79 Å². The normalized spacial score (nSPS) is 31.4. The van der Waals surface area contributed by atoms with Crippen LogP contribution in [-0.4, -0.2) is 59.1 Å². The number of benzene rings is 2. The van der Waals surface area contributed by atoms with Gasteiger partial charge >= 0.3 is 17.9 Å². The number of anilines is 2. The zero-order valence-electron chi connectivity index (χ0n) is 30.5. The zero-order valence-corrected chi connectivity index (χ0v) is 30.5. The van der Waals surface area contributed by atoms with Gasteiger partial charge in [-0.15, -0.1) is 0 Å². The third-order valence-corrected chi connectivity index (χ3v) is 11.9. The van der Waals surface area contributed by atoms with Gasteiger partial charge < -0.3 is 30.4 Å². The number of Topliss-reactive ketones (excluding diaryl/α,β-unsaturated/α-hetero) is 1. The Balaban J connectivity index is 1.51. The lowest BCUT2D eigenvalue weighted by Crippen LogP contribution is -2.66. The van der Waals surface area contributed by atoms with Gasteiger partial charge in [0.1, 0.15) is 6.61 Å². The number of para-hydroxylation sites is 2. The molecule has 1 spiro atoms. The number of carbonyl (C=O) groups excluding carboxylic acids is 5. The molecule has 4 aliphatic rings. The Bertz CT molecular complexity index is 1960. The number of amides is 1. The van der Waals surface area contributed by atoms with Crippen LogP contribution in [0, 0.1) is 34.5 Å². The molecule has 2 bridgehead atoms. The molecule has 4 aliphatic carbocycles. The fourth-order valence-electron chi connectivity index (χ4n) is 9.06. The number of aliphatic hydroxyl groups is 1. The van der Waals surface area contributed by atoms with Crippen molar-refractivity contribution in [1.82, 2.24) is 0 Å². The molecule has 2 aromatic rings. The van der Waals surface area contributed by atoms with E-state index < -0.39 is 65.5 Å². The number of nitrogen functional groups attached to an aromatic ring is 1.